The first kappa shape index (κ1) is 17.9. The van der Waals surface area contributed by atoms with E-state index < -0.39 is 0 Å². The Morgan fingerprint density at radius 2 is 1.58 bits per heavy atom. The first-order valence-corrected chi connectivity index (χ1v) is 8.64. The van der Waals surface area contributed by atoms with Crippen molar-refractivity contribution in [2.45, 2.75) is 6.92 Å². The number of rotatable bonds is 6. The lowest BCUT2D eigenvalue weighted by Crippen LogP contribution is -2.48. The number of carbonyl (C=O) groups excluding carboxylic acids is 2. The zero-order chi connectivity index (χ0) is 18.5. The van der Waals surface area contributed by atoms with Crippen molar-refractivity contribution in [1.82, 2.24) is 5.32 Å². The molecule has 2 aromatic carbocycles. The summed E-state index contributed by atoms with van der Waals surface area (Å²) in [5.74, 6) is 0.891. The second kappa shape index (κ2) is 8.01. The molecule has 1 fully saturated rings. The third-order valence-electron chi connectivity index (χ3n) is 4.70. The van der Waals surface area contributed by atoms with Gasteiger partial charge in [0.2, 0.25) is 5.91 Å². The van der Waals surface area contributed by atoms with Crippen molar-refractivity contribution >= 4 is 23.2 Å². The fourth-order valence-electron chi connectivity index (χ4n) is 2.72. The highest BCUT2D eigenvalue weighted by molar-refractivity contribution is 6.04. The molecule has 1 aliphatic rings. The zero-order valence-electron chi connectivity index (χ0n) is 14.9. The number of methoxy groups -OCH3 is 1. The summed E-state index contributed by atoms with van der Waals surface area (Å²) in [7, 11) is 1.60. The Kier molecular flexibility index (Phi) is 5.53. The predicted octanol–water partition coefficient (Wildman–Crippen LogP) is 2.74. The molecule has 6 nitrogen and oxygen atoms in total. The van der Waals surface area contributed by atoms with Gasteiger partial charge in [0.25, 0.3) is 5.91 Å². The van der Waals surface area contributed by atoms with Gasteiger partial charge in [0.15, 0.2) is 0 Å². The van der Waals surface area contributed by atoms with E-state index in [1.807, 2.05) is 6.92 Å². The second-order valence-electron chi connectivity index (χ2n) is 6.46. The van der Waals surface area contributed by atoms with E-state index in [2.05, 4.69) is 16.0 Å². The number of benzene rings is 2. The molecule has 0 saturated carbocycles. The van der Waals surface area contributed by atoms with Gasteiger partial charge in [-0.15, -0.1) is 0 Å². The van der Waals surface area contributed by atoms with Crippen LogP contribution in [-0.2, 0) is 4.79 Å². The van der Waals surface area contributed by atoms with Gasteiger partial charge < -0.3 is 20.7 Å². The molecule has 1 heterocycles. The average Bonchev–Trinajstić information content (AvgIpc) is 2.61. The highest BCUT2D eigenvalue weighted by Gasteiger charge is 2.28. The van der Waals surface area contributed by atoms with Gasteiger partial charge in [-0.1, -0.05) is 6.92 Å². The van der Waals surface area contributed by atoms with E-state index in [0.29, 0.717) is 22.9 Å². The SMILES string of the molecule is COc1ccc(NC(=O)c2ccc(NC(=O)C(C)C3CNC3)cc2)cc1. The van der Waals surface area contributed by atoms with Crippen molar-refractivity contribution in [2.24, 2.45) is 11.8 Å². The maximum absolute atomic E-state index is 12.3. The van der Waals surface area contributed by atoms with Crippen LogP contribution < -0.4 is 20.7 Å². The highest BCUT2D eigenvalue weighted by Crippen LogP contribution is 2.19. The third-order valence-corrected chi connectivity index (χ3v) is 4.70. The summed E-state index contributed by atoms with van der Waals surface area (Å²) >= 11 is 0. The van der Waals surface area contributed by atoms with Crippen LogP contribution in [0.25, 0.3) is 0 Å². The molecular weight excluding hydrogens is 330 g/mol. The minimum absolute atomic E-state index is 0.00642. The van der Waals surface area contributed by atoms with Crippen molar-refractivity contribution < 1.29 is 14.3 Å². The van der Waals surface area contributed by atoms with Crippen LogP contribution in [0.4, 0.5) is 11.4 Å². The summed E-state index contributed by atoms with van der Waals surface area (Å²) < 4.78 is 5.10. The van der Waals surface area contributed by atoms with E-state index in [4.69, 9.17) is 4.74 Å². The number of ether oxygens (including phenoxy) is 1. The van der Waals surface area contributed by atoms with Gasteiger partial charge in [-0.25, -0.2) is 0 Å². The van der Waals surface area contributed by atoms with Crippen LogP contribution in [0.1, 0.15) is 17.3 Å². The molecule has 1 atom stereocenters. The van der Waals surface area contributed by atoms with E-state index in [0.717, 1.165) is 18.8 Å². The fourth-order valence-corrected chi connectivity index (χ4v) is 2.72. The van der Waals surface area contributed by atoms with Crippen LogP contribution in [-0.4, -0.2) is 32.0 Å². The molecule has 0 aromatic heterocycles. The molecule has 1 aliphatic heterocycles. The van der Waals surface area contributed by atoms with Crippen molar-refractivity contribution in [2.75, 3.05) is 30.8 Å². The van der Waals surface area contributed by atoms with Crippen molar-refractivity contribution in [3.8, 4) is 5.75 Å². The van der Waals surface area contributed by atoms with Crippen LogP contribution in [0.5, 0.6) is 5.75 Å². The standard InChI is InChI=1S/C20H23N3O3/c1-13(15-11-21-12-15)19(24)22-16-5-3-14(4-6-16)20(25)23-17-7-9-18(26-2)10-8-17/h3-10,13,15,21H,11-12H2,1-2H3,(H,22,24)(H,23,25). The number of anilines is 2. The number of nitrogens with one attached hydrogen (secondary N) is 3. The Hall–Kier alpha value is -2.86. The second-order valence-corrected chi connectivity index (χ2v) is 6.46. The molecule has 0 bridgehead atoms. The lowest BCUT2D eigenvalue weighted by atomic mass is 9.88. The summed E-state index contributed by atoms with van der Waals surface area (Å²) in [5, 5.41) is 8.91. The Balaban J connectivity index is 1.57. The lowest BCUT2D eigenvalue weighted by Gasteiger charge is -2.31. The summed E-state index contributed by atoms with van der Waals surface area (Å²) in [4.78, 5) is 24.5. The van der Waals surface area contributed by atoms with Gasteiger partial charge in [0, 0.05) is 22.9 Å². The van der Waals surface area contributed by atoms with Crippen LogP contribution in [0.15, 0.2) is 48.5 Å². The monoisotopic (exact) mass is 353 g/mol. The quantitative estimate of drug-likeness (QED) is 0.746. The highest BCUT2D eigenvalue weighted by atomic mass is 16.5. The molecule has 0 aliphatic carbocycles. The molecule has 136 valence electrons. The number of carbonyl (C=O) groups is 2. The van der Waals surface area contributed by atoms with E-state index in [1.165, 1.54) is 0 Å². The molecule has 26 heavy (non-hydrogen) atoms. The third kappa shape index (κ3) is 4.21. The predicted molar refractivity (Wildman–Crippen MR) is 102 cm³/mol. The number of amides is 2. The van der Waals surface area contributed by atoms with Gasteiger partial charge in [-0.3, -0.25) is 9.59 Å². The molecule has 2 aromatic rings. The summed E-state index contributed by atoms with van der Waals surface area (Å²) in [5.41, 5.74) is 1.90. The Morgan fingerprint density at radius 3 is 2.12 bits per heavy atom. The number of hydrogen-bond donors (Lipinski definition) is 3. The van der Waals surface area contributed by atoms with E-state index in [-0.39, 0.29) is 17.7 Å². The molecule has 6 heteroatoms. The average molecular weight is 353 g/mol. The van der Waals surface area contributed by atoms with Crippen LogP contribution in [0.2, 0.25) is 0 Å². The number of hydrogen-bond acceptors (Lipinski definition) is 4. The van der Waals surface area contributed by atoms with Crippen LogP contribution in [0, 0.1) is 11.8 Å². The van der Waals surface area contributed by atoms with Gasteiger partial charge in [0.05, 0.1) is 7.11 Å². The topological polar surface area (TPSA) is 79.5 Å². The van der Waals surface area contributed by atoms with Crippen molar-refractivity contribution in [1.29, 1.82) is 0 Å². The smallest absolute Gasteiger partial charge is 0.255 e. The molecule has 0 spiro atoms. The summed E-state index contributed by atoms with van der Waals surface area (Å²) in [6.07, 6.45) is 0. The first-order chi connectivity index (χ1) is 12.6. The minimum atomic E-state index is -0.207. The zero-order valence-corrected chi connectivity index (χ0v) is 14.9. The summed E-state index contributed by atoms with van der Waals surface area (Å²) in [6.45, 7) is 3.72. The molecular formula is C20H23N3O3. The van der Waals surface area contributed by atoms with E-state index in [1.54, 1.807) is 55.6 Å². The maximum Gasteiger partial charge on any atom is 0.255 e. The molecule has 0 radical (unpaired) electrons. The Labute approximate surface area is 152 Å². The molecule has 3 rings (SSSR count). The van der Waals surface area contributed by atoms with Crippen LogP contribution >= 0.6 is 0 Å². The van der Waals surface area contributed by atoms with Gasteiger partial charge in [0.1, 0.15) is 5.75 Å². The largest absolute Gasteiger partial charge is 0.497 e. The van der Waals surface area contributed by atoms with Gasteiger partial charge >= 0.3 is 0 Å². The van der Waals surface area contributed by atoms with E-state index in [9.17, 15) is 9.59 Å². The summed E-state index contributed by atoms with van der Waals surface area (Å²) in [6, 6.07) is 14.0. The van der Waals surface area contributed by atoms with Crippen LogP contribution in [0.3, 0.4) is 0 Å². The van der Waals surface area contributed by atoms with E-state index >= 15 is 0 Å². The molecule has 2 amide bonds. The molecule has 1 saturated heterocycles. The van der Waals surface area contributed by atoms with Crippen molar-refractivity contribution in [3.63, 3.8) is 0 Å². The maximum atomic E-state index is 12.3. The van der Waals surface area contributed by atoms with Gasteiger partial charge in [-0.05, 0) is 67.5 Å². The van der Waals surface area contributed by atoms with Crippen molar-refractivity contribution in [3.05, 3.63) is 54.1 Å². The Morgan fingerprint density at radius 1 is 1.00 bits per heavy atom. The molecule has 3 N–H and O–H groups in total. The lowest BCUT2D eigenvalue weighted by molar-refractivity contribution is -0.121. The molecule has 1 unspecified atom stereocenters. The first-order valence-electron chi connectivity index (χ1n) is 8.64. The normalized spacial score (nSPS) is 14.8. The Bertz CT molecular complexity index is 768. The minimum Gasteiger partial charge on any atom is -0.497 e. The fraction of sp³-hybridized carbons (Fsp3) is 0.300. The van der Waals surface area contributed by atoms with Gasteiger partial charge in [-0.2, -0.15) is 0 Å².